The lowest BCUT2D eigenvalue weighted by molar-refractivity contribution is -0.138. The first-order valence-corrected chi connectivity index (χ1v) is 6.79. The summed E-state index contributed by atoms with van der Waals surface area (Å²) < 4.78 is 24.5. The normalized spacial score (nSPS) is 14.5. The van der Waals surface area contributed by atoms with Crippen LogP contribution >= 0.6 is 0 Å². The van der Waals surface area contributed by atoms with Crippen molar-refractivity contribution in [1.82, 2.24) is 0 Å². The molecular weight excluding hydrogens is 271 g/mol. The zero-order valence-electron chi connectivity index (χ0n) is 12.1. The first kappa shape index (κ1) is 15.0. The summed E-state index contributed by atoms with van der Waals surface area (Å²) in [5, 5.41) is 0. The summed E-state index contributed by atoms with van der Waals surface area (Å²) in [6.07, 6.45) is 4.76. The highest BCUT2D eigenvalue weighted by molar-refractivity contribution is 5.92. The highest BCUT2D eigenvalue weighted by Gasteiger charge is 2.16. The van der Waals surface area contributed by atoms with Gasteiger partial charge >= 0.3 is 5.97 Å². The molecule has 1 aliphatic carbocycles. The van der Waals surface area contributed by atoms with E-state index in [1.54, 1.807) is 31.2 Å². The first-order chi connectivity index (χ1) is 10.1. The van der Waals surface area contributed by atoms with Crippen molar-refractivity contribution in [3.05, 3.63) is 65.2 Å². The minimum Gasteiger partial charge on any atom is -0.462 e. The van der Waals surface area contributed by atoms with Gasteiger partial charge in [0, 0.05) is 0 Å². The molecule has 0 bridgehead atoms. The van der Waals surface area contributed by atoms with Crippen molar-refractivity contribution in [1.29, 1.82) is 0 Å². The van der Waals surface area contributed by atoms with E-state index in [-0.39, 0.29) is 17.9 Å². The maximum absolute atomic E-state index is 14.1. The van der Waals surface area contributed by atoms with Crippen LogP contribution in [-0.4, -0.2) is 12.6 Å². The van der Waals surface area contributed by atoms with Crippen molar-refractivity contribution in [2.75, 3.05) is 6.61 Å². The predicted octanol–water partition coefficient (Wildman–Crippen LogP) is 4.00. The Hall–Kier alpha value is -2.36. The Bertz CT molecular complexity index is 609. The van der Waals surface area contributed by atoms with Crippen LogP contribution in [0.15, 0.2) is 59.7 Å². The van der Waals surface area contributed by atoms with Crippen molar-refractivity contribution in [2.45, 2.75) is 20.3 Å². The monoisotopic (exact) mass is 288 g/mol. The van der Waals surface area contributed by atoms with Gasteiger partial charge in [0.05, 0.1) is 12.2 Å². The summed E-state index contributed by atoms with van der Waals surface area (Å²) in [4.78, 5) is 11.6. The summed E-state index contributed by atoms with van der Waals surface area (Å²) in [5.74, 6) is -0.464. The molecule has 110 valence electrons. The highest BCUT2D eigenvalue weighted by atomic mass is 19.1. The first-order valence-electron chi connectivity index (χ1n) is 6.79. The molecule has 0 spiro atoms. The number of hydrogen-bond donors (Lipinski definition) is 0. The lowest BCUT2D eigenvalue weighted by Crippen LogP contribution is -2.06. The van der Waals surface area contributed by atoms with E-state index in [9.17, 15) is 9.18 Å². The maximum Gasteiger partial charge on any atom is 0.337 e. The number of carbonyl (C=O) groups excluding carboxylic acids is 1. The molecule has 0 unspecified atom stereocenters. The van der Waals surface area contributed by atoms with Gasteiger partial charge in [-0.3, -0.25) is 0 Å². The Kier molecular flexibility index (Phi) is 4.93. The fraction of sp³-hybridized carbons (Fsp3) is 0.235. The molecule has 0 atom stereocenters. The molecule has 0 saturated carbocycles. The van der Waals surface area contributed by atoms with Crippen molar-refractivity contribution in [3.8, 4) is 5.75 Å². The summed E-state index contributed by atoms with van der Waals surface area (Å²) in [5.41, 5.74) is 1.30. The zero-order chi connectivity index (χ0) is 15.2. The molecule has 1 aliphatic rings. The van der Waals surface area contributed by atoms with E-state index in [0.717, 1.165) is 11.6 Å². The minimum absolute atomic E-state index is 0.106. The number of esters is 1. The molecule has 2 rings (SSSR count). The van der Waals surface area contributed by atoms with Gasteiger partial charge in [0.1, 0.15) is 5.75 Å². The second-order valence-electron chi connectivity index (χ2n) is 4.59. The van der Waals surface area contributed by atoms with Crippen LogP contribution in [0.4, 0.5) is 4.39 Å². The molecule has 21 heavy (non-hydrogen) atoms. The third-order valence-corrected chi connectivity index (χ3v) is 2.92. The molecule has 0 radical (unpaired) electrons. The molecule has 4 heteroatoms. The Morgan fingerprint density at radius 3 is 2.62 bits per heavy atom. The highest BCUT2D eigenvalue weighted by Crippen LogP contribution is 2.24. The molecule has 1 aromatic rings. The van der Waals surface area contributed by atoms with E-state index in [1.807, 2.05) is 19.1 Å². The Morgan fingerprint density at radius 2 is 1.95 bits per heavy atom. The minimum atomic E-state index is -0.590. The summed E-state index contributed by atoms with van der Waals surface area (Å²) in [7, 11) is 0. The predicted molar refractivity (Wildman–Crippen MR) is 78.4 cm³/mol. The Balaban J connectivity index is 2.13. The molecular formula is C17H17FO3. The van der Waals surface area contributed by atoms with E-state index in [2.05, 4.69) is 0 Å². The van der Waals surface area contributed by atoms with Crippen LogP contribution in [-0.2, 0) is 9.53 Å². The van der Waals surface area contributed by atoms with Crippen LogP contribution in [0.1, 0.15) is 18.9 Å². The number of aryl methyl sites for hydroxylation is 1. The summed E-state index contributed by atoms with van der Waals surface area (Å²) >= 11 is 0. The van der Waals surface area contributed by atoms with Crippen molar-refractivity contribution >= 4 is 5.97 Å². The van der Waals surface area contributed by atoms with Gasteiger partial charge in [-0.25, -0.2) is 9.18 Å². The molecule has 0 fully saturated rings. The van der Waals surface area contributed by atoms with Gasteiger partial charge in [0.15, 0.2) is 11.6 Å². The molecule has 0 amide bonds. The van der Waals surface area contributed by atoms with Gasteiger partial charge in [-0.15, -0.1) is 0 Å². The molecule has 3 nitrogen and oxygen atoms in total. The topological polar surface area (TPSA) is 35.5 Å². The number of benzene rings is 1. The molecule has 0 aliphatic heterocycles. The van der Waals surface area contributed by atoms with Crippen molar-refractivity contribution in [3.63, 3.8) is 0 Å². The van der Waals surface area contributed by atoms with Crippen LogP contribution in [0.3, 0.4) is 0 Å². The molecule has 1 aromatic carbocycles. The number of rotatable bonds is 4. The van der Waals surface area contributed by atoms with E-state index in [0.29, 0.717) is 12.2 Å². The molecule has 0 aromatic heterocycles. The van der Waals surface area contributed by atoms with Gasteiger partial charge in [-0.1, -0.05) is 23.8 Å². The summed E-state index contributed by atoms with van der Waals surface area (Å²) in [6.45, 7) is 3.93. The van der Waals surface area contributed by atoms with Gasteiger partial charge < -0.3 is 9.47 Å². The fourth-order valence-corrected chi connectivity index (χ4v) is 1.84. The van der Waals surface area contributed by atoms with E-state index in [1.165, 1.54) is 0 Å². The van der Waals surface area contributed by atoms with Crippen LogP contribution in [0, 0.1) is 6.92 Å². The van der Waals surface area contributed by atoms with Gasteiger partial charge in [-0.2, -0.15) is 0 Å². The number of carbonyl (C=O) groups is 1. The van der Waals surface area contributed by atoms with Gasteiger partial charge in [-0.05, 0) is 44.6 Å². The molecule has 0 N–H and O–H groups in total. The second kappa shape index (κ2) is 6.88. The lowest BCUT2D eigenvalue weighted by Gasteiger charge is -2.08. The Morgan fingerprint density at radius 1 is 1.24 bits per heavy atom. The van der Waals surface area contributed by atoms with Crippen molar-refractivity contribution < 1.29 is 18.7 Å². The fourth-order valence-electron chi connectivity index (χ4n) is 1.84. The Labute approximate surface area is 123 Å². The van der Waals surface area contributed by atoms with Crippen LogP contribution in [0.25, 0.3) is 0 Å². The standard InChI is InChI=1S/C17H17FO3/c1-3-20-17(19)13-5-4-6-16(15(18)11-13)21-14-9-7-12(2)8-10-14/h5-11H,3-4H2,1-2H3. The third-order valence-electron chi connectivity index (χ3n) is 2.92. The van der Waals surface area contributed by atoms with Crippen molar-refractivity contribution in [2.24, 2.45) is 0 Å². The lowest BCUT2D eigenvalue weighted by atomic mass is 10.2. The second-order valence-corrected chi connectivity index (χ2v) is 4.59. The van der Waals surface area contributed by atoms with Gasteiger partial charge in [0.25, 0.3) is 0 Å². The largest absolute Gasteiger partial charge is 0.462 e. The SMILES string of the molecule is CCOC(=O)C1=CCC=C(Oc2ccc(C)cc2)C(F)=C1. The van der Waals surface area contributed by atoms with Gasteiger partial charge in [0.2, 0.25) is 0 Å². The average molecular weight is 288 g/mol. The number of allylic oxidation sites excluding steroid dienone is 3. The van der Waals surface area contributed by atoms with Crippen LogP contribution < -0.4 is 4.74 Å². The van der Waals surface area contributed by atoms with E-state index >= 15 is 0 Å². The zero-order valence-corrected chi connectivity index (χ0v) is 12.1. The average Bonchev–Trinajstić information content (AvgIpc) is 2.64. The number of ether oxygens (including phenoxy) is 2. The molecule has 0 heterocycles. The third kappa shape index (κ3) is 4.05. The van der Waals surface area contributed by atoms with Crippen LogP contribution in [0.5, 0.6) is 5.75 Å². The number of hydrogen-bond acceptors (Lipinski definition) is 3. The van der Waals surface area contributed by atoms with Crippen LogP contribution in [0.2, 0.25) is 0 Å². The van der Waals surface area contributed by atoms with E-state index in [4.69, 9.17) is 9.47 Å². The maximum atomic E-state index is 14.1. The molecule has 0 saturated heterocycles. The van der Waals surface area contributed by atoms with E-state index < -0.39 is 11.8 Å². The number of halogens is 1. The smallest absolute Gasteiger partial charge is 0.337 e. The summed E-state index contributed by atoms with van der Waals surface area (Å²) in [6, 6.07) is 7.31. The quantitative estimate of drug-likeness (QED) is 0.785.